The fourth-order valence-electron chi connectivity index (χ4n) is 0.867. The number of nitrogens with zero attached hydrogens (tertiary/aromatic N) is 1. The highest BCUT2D eigenvalue weighted by atomic mass is 16.1. The fourth-order valence-corrected chi connectivity index (χ4v) is 0.867. The summed E-state index contributed by atoms with van der Waals surface area (Å²) < 4.78 is 0. The van der Waals surface area contributed by atoms with Crippen LogP contribution in [0.2, 0.25) is 0 Å². The zero-order valence-corrected chi connectivity index (χ0v) is 7.09. The van der Waals surface area contributed by atoms with Crippen LogP contribution in [0.4, 0.5) is 5.82 Å². The third-order valence-corrected chi connectivity index (χ3v) is 1.54. The number of hydrogen-bond acceptors (Lipinski definition) is 3. The lowest BCUT2D eigenvalue weighted by molar-refractivity contribution is 0.0997. The molecule has 0 radical (unpaired) electrons. The molecule has 0 aliphatic heterocycles. The second kappa shape index (κ2) is 2.84. The number of amides is 1. The van der Waals surface area contributed by atoms with Gasteiger partial charge in [0, 0.05) is 5.92 Å². The first-order valence-corrected chi connectivity index (χ1v) is 3.67. The van der Waals surface area contributed by atoms with E-state index in [1.807, 2.05) is 13.8 Å². The number of anilines is 1. The molecule has 66 valence electrons. The number of carbonyl (C=O) groups excluding carboxylic acids is 1. The topological polar surface area (TPSA) is 97.8 Å². The molecule has 1 heterocycles. The van der Waals surface area contributed by atoms with E-state index in [2.05, 4.69) is 9.97 Å². The van der Waals surface area contributed by atoms with E-state index in [4.69, 9.17) is 11.5 Å². The first-order chi connectivity index (χ1) is 5.52. The summed E-state index contributed by atoms with van der Waals surface area (Å²) in [6, 6.07) is 0. The minimum Gasteiger partial charge on any atom is -0.382 e. The Kier molecular flexibility index (Phi) is 2.03. The van der Waals surface area contributed by atoms with Gasteiger partial charge >= 0.3 is 0 Å². The highest BCUT2D eigenvalue weighted by Gasteiger charge is 2.13. The first-order valence-electron chi connectivity index (χ1n) is 3.67. The third-order valence-electron chi connectivity index (χ3n) is 1.54. The average molecular weight is 168 g/mol. The summed E-state index contributed by atoms with van der Waals surface area (Å²) in [6.07, 6.45) is 0. The van der Waals surface area contributed by atoms with Crippen LogP contribution in [0, 0.1) is 0 Å². The number of aromatic nitrogens is 2. The van der Waals surface area contributed by atoms with Gasteiger partial charge in [-0.1, -0.05) is 13.8 Å². The van der Waals surface area contributed by atoms with Gasteiger partial charge in [-0.25, -0.2) is 4.98 Å². The van der Waals surface area contributed by atoms with E-state index in [0.29, 0.717) is 5.82 Å². The van der Waals surface area contributed by atoms with Crippen molar-refractivity contribution in [2.45, 2.75) is 19.8 Å². The molecule has 0 unspecified atom stereocenters. The summed E-state index contributed by atoms with van der Waals surface area (Å²) in [5.74, 6) is 0.486. The number of nitrogen functional groups attached to an aromatic ring is 1. The largest absolute Gasteiger partial charge is 0.382 e. The van der Waals surface area contributed by atoms with Gasteiger partial charge in [-0.2, -0.15) is 0 Å². The average Bonchev–Trinajstić information content (AvgIpc) is 2.30. The minimum atomic E-state index is -0.577. The Labute approximate surface area is 70.2 Å². The molecule has 0 aromatic carbocycles. The Morgan fingerprint density at radius 3 is 2.42 bits per heavy atom. The van der Waals surface area contributed by atoms with E-state index in [1.54, 1.807) is 0 Å². The van der Waals surface area contributed by atoms with Crippen molar-refractivity contribution in [3.8, 4) is 0 Å². The van der Waals surface area contributed by atoms with Gasteiger partial charge < -0.3 is 16.5 Å². The smallest absolute Gasteiger partial charge is 0.269 e. The van der Waals surface area contributed by atoms with Gasteiger partial charge in [-0.3, -0.25) is 4.79 Å². The Morgan fingerprint density at radius 2 is 2.17 bits per heavy atom. The highest BCUT2D eigenvalue weighted by Crippen LogP contribution is 2.14. The molecule has 1 amide bonds. The van der Waals surface area contributed by atoms with Crippen LogP contribution in [0.1, 0.15) is 36.1 Å². The number of aromatic amines is 1. The van der Waals surface area contributed by atoms with E-state index >= 15 is 0 Å². The number of H-pyrrole nitrogens is 1. The van der Waals surface area contributed by atoms with E-state index < -0.39 is 5.91 Å². The number of carbonyl (C=O) groups is 1. The number of hydrogen-bond donors (Lipinski definition) is 3. The Balaban J connectivity index is 3.09. The van der Waals surface area contributed by atoms with Crippen LogP contribution in [-0.2, 0) is 0 Å². The van der Waals surface area contributed by atoms with Gasteiger partial charge in [0.05, 0.1) is 0 Å². The van der Waals surface area contributed by atoms with Crippen LogP contribution in [0.25, 0.3) is 0 Å². The predicted octanol–water partition coefficient (Wildman–Crippen LogP) is 0.214. The summed E-state index contributed by atoms with van der Waals surface area (Å²) in [7, 11) is 0. The lowest BCUT2D eigenvalue weighted by atomic mass is 10.2. The van der Waals surface area contributed by atoms with Crippen molar-refractivity contribution in [3.63, 3.8) is 0 Å². The molecule has 0 atom stereocenters. The normalized spacial score (nSPS) is 10.6. The maximum Gasteiger partial charge on any atom is 0.269 e. The Hall–Kier alpha value is -1.52. The minimum absolute atomic E-state index is 0.172. The molecule has 0 aliphatic rings. The summed E-state index contributed by atoms with van der Waals surface area (Å²) in [5, 5.41) is 0. The van der Waals surface area contributed by atoms with Crippen LogP contribution in [-0.4, -0.2) is 15.9 Å². The van der Waals surface area contributed by atoms with Crippen molar-refractivity contribution in [2.75, 3.05) is 5.73 Å². The van der Waals surface area contributed by atoms with Gasteiger partial charge in [-0.05, 0) is 0 Å². The van der Waals surface area contributed by atoms with Gasteiger partial charge in [0.2, 0.25) is 0 Å². The Bertz CT molecular complexity index is 302. The van der Waals surface area contributed by atoms with Crippen LogP contribution in [0.15, 0.2) is 0 Å². The van der Waals surface area contributed by atoms with Gasteiger partial charge in [0.25, 0.3) is 5.91 Å². The van der Waals surface area contributed by atoms with Gasteiger partial charge in [-0.15, -0.1) is 0 Å². The van der Waals surface area contributed by atoms with Crippen molar-refractivity contribution < 1.29 is 4.79 Å². The van der Waals surface area contributed by atoms with E-state index in [1.165, 1.54) is 0 Å². The Morgan fingerprint density at radius 1 is 1.58 bits per heavy atom. The highest BCUT2D eigenvalue weighted by molar-refractivity contribution is 5.95. The molecule has 1 aromatic heterocycles. The SMILES string of the molecule is CC(C)c1nc(N)c(C(N)=O)[nH]1. The molecule has 0 saturated heterocycles. The van der Waals surface area contributed by atoms with Crippen LogP contribution in [0.3, 0.4) is 0 Å². The van der Waals surface area contributed by atoms with Crippen LogP contribution < -0.4 is 11.5 Å². The van der Waals surface area contributed by atoms with E-state index in [-0.39, 0.29) is 17.4 Å². The van der Waals surface area contributed by atoms with E-state index in [9.17, 15) is 4.79 Å². The summed E-state index contributed by atoms with van der Waals surface area (Å²) in [5.41, 5.74) is 10.7. The molecule has 0 aliphatic carbocycles. The summed E-state index contributed by atoms with van der Waals surface area (Å²) in [6.45, 7) is 3.89. The monoisotopic (exact) mass is 168 g/mol. The molecule has 0 fully saturated rings. The second-order valence-electron chi connectivity index (χ2n) is 2.90. The number of primary amides is 1. The maximum absolute atomic E-state index is 10.7. The quantitative estimate of drug-likeness (QED) is 0.588. The zero-order chi connectivity index (χ0) is 9.30. The molecule has 12 heavy (non-hydrogen) atoms. The molecule has 0 bridgehead atoms. The predicted molar refractivity (Wildman–Crippen MR) is 45.6 cm³/mol. The molecule has 0 spiro atoms. The van der Waals surface area contributed by atoms with Crippen molar-refractivity contribution in [1.82, 2.24) is 9.97 Å². The standard InChI is InChI=1S/C7H12N4O/c1-3(2)7-10-4(6(9)12)5(8)11-7/h3H,8H2,1-2H3,(H2,9,12)(H,10,11). The van der Waals surface area contributed by atoms with Gasteiger partial charge in [0.1, 0.15) is 11.5 Å². The molecule has 1 rings (SSSR count). The number of imidazole rings is 1. The van der Waals surface area contributed by atoms with Crippen molar-refractivity contribution in [3.05, 3.63) is 11.5 Å². The fraction of sp³-hybridized carbons (Fsp3) is 0.429. The molecule has 1 aromatic rings. The van der Waals surface area contributed by atoms with Gasteiger partial charge in [0.15, 0.2) is 5.82 Å². The second-order valence-corrected chi connectivity index (χ2v) is 2.90. The lowest BCUT2D eigenvalue weighted by Crippen LogP contribution is -2.13. The molecule has 5 nitrogen and oxygen atoms in total. The summed E-state index contributed by atoms with van der Waals surface area (Å²) >= 11 is 0. The number of nitrogens with two attached hydrogens (primary N) is 2. The van der Waals surface area contributed by atoms with Crippen LogP contribution >= 0.6 is 0 Å². The third kappa shape index (κ3) is 1.39. The molecule has 0 saturated carbocycles. The van der Waals surface area contributed by atoms with Crippen molar-refractivity contribution in [2.24, 2.45) is 5.73 Å². The van der Waals surface area contributed by atoms with Crippen LogP contribution in [0.5, 0.6) is 0 Å². The molecular weight excluding hydrogens is 156 g/mol. The van der Waals surface area contributed by atoms with E-state index in [0.717, 1.165) is 0 Å². The first kappa shape index (κ1) is 8.58. The lowest BCUT2D eigenvalue weighted by Gasteiger charge is -1.96. The maximum atomic E-state index is 10.7. The van der Waals surface area contributed by atoms with Crippen molar-refractivity contribution in [1.29, 1.82) is 0 Å². The molecule has 5 N–H and O–H groups in total. The molecular formula is C7H12N4O. The number of rotatable bonds is 2. The zero-order valence-electron chi connectivity index (χ0n) is 7.09. The van der Waals surface area contributed by atoms with Crippen molar-refractivity contribution >= 4 is 11.7 Å². The summed E-state index contributed by atoms with van der Waals surface area (Å²) in [4.78, 5) is 17.5. The molecule has 5 heteroatoms. The number of nitrogens with one attached hydrogen (secondary N) is 1.